The summed E-state index contributed by atoms with van der Waals surface area (Å²) in [5.41, 5.74) is 1.30. The molecule has 2 nitrogen and oxygen atoms in total. The van der Waals surface area contributed by atoms with Crippen LogP contribution >= 0.6 is 0 Å². The minimum atomic E-state index is -0.274. The maximum Gasteiger partial charge on any atom is 0.308 e. The lowest BCUT2D eigenvalue weighted by Gasteiger charge is -2.10. The summed E-state index contributed by atoms with van der Waals surface area (Å²) in [5.74, 6) is 0.917. The van der Waals surface area contributed by atoms with Gasteiger partial charge in [0.25, 0.3) is 0 Å². The van der Waals surface area contributed by atoms with Crippen LogP contribution in [0, 0.1) is 0 Å². The fourth-order valence-electron chi connectivity index (χ4n) is 1.63. The maximum atomic E-state index is 10.7. The van der Waals surface area contributed by atoms with Gasteiger partial charge < -0.3 is 4.74 Å². The van der Waals surface area contributed by atoms with E-state index in [2.05, 4.69) is 13.8 Å². The van der Waals surface area contributed by atoms with Crippen LogP contribution < -0.4 is 4.74 Å². The highest BCUT2D eigenvalue weighted by Gasteiger charge is 2.04. The van der Waals surface area contributed by atoms with Gasteiger partial charge in [0.05, 0.1) is 0 Å². The molecule has 0 spiro atoms. The summed E-state index contributed by atoms with van der Waals surface area (Å²) in [6, 6.07) is 7.75. The molecule has 0 heterocycles. The molecule has 15 heavy (non-hydrogen) atoms. The van der Waals surface area contributed by atoms with Crippen molar-refractivity contribution in [3.05, 3.63) is 29.8 Å². The van der Waals surface area contributed by atoms with Crippen molar-refractivity contribution in [3.8, 4) is 5.75 Å². The zero-order valence-corrected chi connectivity index (χ0v) is 9.62. The first-order chi connectivity index (χ1) is 7.13. The van der Waals surface area contributed by atoms with Crippen molar-refractivity contribution >= 4 is 5.97 Å². The van der Waals surface area contributed by atoms with Gasteiger partial charge in [0.1, 0.15) is 5.75 Å². The van der Waals surface area contributed by atoms with E-state index >= 15 is 0 Å². The summed E-state index contributed by atoms with van der Waals surface area (Å²) in [4.78, 5) is 10.7. The van der Waals surface area contributed by atoms with Crippen molar-refractivity contribution in [2.75, 3.05) is 0 Å². The van der Waals surface area contributed by atoms with Gasteiger partial charge in [-0.3, -0.25) is 4.79 Å². The van der Waals surface area contributed by atoms with Gasteiger partial charge in [0.2, 0.25) is 0 Å². The van der Waals surface area contributed by atoms with Crippen molar-refractivity contribution in [3.63, 3.8) is 0 Å². The lowest BCUT2D eigenvalue weighted by atomic mass is 9.97. The summed E-state index contributed by atoms with van der Waals surface area (Å²) in [6.45, 7) is 5.81. The van der Waals surface area contributed by atoms with Gasteiger partial charge in [0, 0.05) is 6.92 Å². The molecule has 1 rings (SSSR count). The quantitative estimate of drug-likeness (QED) is 0.556. The molecule has 0 fully saturated rings. The van der Waals surface area contributed by atoms with Crippen LogP contribution in [0.2, 0.25) is 0 Å². The average molecular weight is 206 g/mol. The fourth-order valence-corrected chi connectivity index (χ4v) is 1.63. The number of hydrogen-bond donors (Lipinski definition) is 0. The molecule has 0 saturated carbocycles. The van der Waals surface area contributed by atoms with E-state index < -0.39 is 0 Å². The molecule has 0 N–H and O–H groups in total. The maximum absolute atomic E-state index is 10.7. The van der Waals surface area contributed by atoms with E-state index in [1.54, 1.807) is 0 Å². The van der Waals surface area contributed by atoms with Crippen molar-refractivity contribution in [2.45, 2.75) is 39.5 Å². The molecule has 0 amide bonds. The minimum absolute atomic E-state index is 0.274. The lowest BCUT2D eigenvalue weighted by molar-refractivity contribution is -0.131. The van der Waals surface area contributed by atoms with Crippen molar-refractivity contribution in [1.82, 2.24) is 0 Å². The van der Waals surface area contributed by atoms with Crippen LogP contribution in [0.25, 0.3) is 0 Å². The summed E-state index contributed by atoms with van der Waals surface area (Å²) in [7, 11) is 0. The van der Waals surface area contributed by atoms with Gasteiger partial charge >= 0.3 is 5.97 Å². The standard InChI is InChI=1S/C13H18O2/c1-4-5-10(2)12-6-8-13(9-7-12)15-11(3)14/h6-10H,4-5H2,1-3H3. The second-order valence-corrected chi connectivity index (χ2v) is 3.85. The SMILES string of the molecule is CCCC(C)c1ccc(OC(C)=O)cc1. The smallest absolute Gasteiger partial charge is 0.308 e. The fraction of sp³-hybridized carbons (Fsp3) is 0.462. The van der Waals surface area contributed by atoms with E-state index in [0.29, 0.717) is 11.7 Å². The molecule has 1 unspecified atom stereocenters. The predicted molar refractivity (Wildman–Crippen MR) is 61.1 cm³/mol. The third-order valence-corrected chi connectivity index (χ3v) is 2.43. The summed E-state index contributed by atoms with van der Waals surface area (Å²) in [6.07, 6.45) is 2.37. The minimum Gasteiger partial charge on any atom is -0.427 e. The van der Waals surface area contributed by atoms with E-state index in [0.717, 1.165) is 0 Å². The monoisotopic (exact) mass is 206 g/mol. The highest BCUT2D eigenvalue weighted by molar-refractivity contribution is 5.69. The van der Waals surface area contributed by atoms with Gasteiger partial charge in [-0.25, -0.2) is 0 Å². The molecule has 0 aromatic heterocycles. The largest absolute Gasteiger partial charge is 0.427 e. The van der Waals surface area contributed by atoms with Gasteiger partial charge in [-0.2, -0.15) is 0 Å². The molecule has 0 bridgehead atoms. The average Bonchev–Trinajstić information content (AvgIpc) is 2.18. The number of hydrogen-bond acceptors (Lipinski definition) is 2. The van der Waals surface area contributed by atoms with Crippen molar-refractivity contribution in [2.24, 2.45) is 0 Å². The summed E-state index contributed by atoms with van der Waals surface area (Å²) < 4.78 is 4.97. The normalized spacial score (nSPS) is 12.2. The third kappa shape index (κ3) is 3.74. The van der Waals surface area contributed by atoms with Gasteiger partial charge in [-0.05, 0) is 30.0 Å². The Hall–Kier alpha value is -1.31. The summed E-state index contributed by atoms with van der Waals surface area (Å²) >= 11 is 0. The molecule has 0 aliphatic heterocycles. The number of carbonyl (C=O) groups excluding carboxylic acids is 1. The Bertz CT molecular complexity index is 314. The van der Waals surface area contributed by atoms with E-state index in [1.807, 2.05) is 24.3 Å². The number of carbonyl (C=O) groups is 1. The number of esters is 1. The Balaban J connectivity index is 2.67. The molecule has 1 aromatic carbocycles. The molecule has 0 aliphatic carbocycles. The van der Waals surface area contributed by atoms with Crippen LogP contribution in [0.15, 0.2) is 24.3 Å². The molecule has 1 aromatic rings. The number of rotatable bonds is 4. The Morgan fingerprint density at radius 3 is 2.40 bits per heavy atom. The Morgan fingerprint density at radius 1 is 1.33 bits per heavy atom. The third-order valence-electron chi connectivity index (χ3n) is 2.43. The second-order valence-electron chi connectivity index (χ2n) is 3.85. The van der Waals surface area contributed by atoms with Crippen LogP contribution in [-0.4, -0.2) is 5.97 Å². The van der Waals surface area contributed by atoms with E-state index in [-0.39, 0.29) is 5.97 Å². The number of ether oxygens (including phenoxy) is 1. The van der Waals surface area contributed by atoms with E-state index in [9.17, 15) is 4.79 Å². The van der Waals surface area contributed by atoms with Crippen LogP contribution in [-0.2, 0) is 4.79 Å². The molecule has 2 heteroatoms. The van der Waals surface area contributed by atoms with Gasteiger partial charge in [-0.1, -0.05) is 32.4 Å². The molecular weight excluding hydrogens is 188 g/mol. The first-order valence-electron chi connectivity index (χ1n) is 5.42. The first kappa shape index (κ1) is 11.8. The Kier molecular flexibility index (Phi) is 4.35. The lowest BCUT2D eigenvalue weighted by Crippen LogP contribution is -2.01. The van der Waals surface area contributed by atoms with Crippen LogP contribution in [0.1, 0.15) is 45.1 Å². The van der Waals surface area contributed by atoms with Crippen LogP contribution in [0.5, 0.6) is 5.75 Å². The van der Waals surface area contributed by atoms with Crippen molar-refractivity contribution < 1.29 is 9.53 Å². The first-order valence-corrected chi connectivity index (χ1v) is 5.42. The van der Waals surface area contributed by atoms with Crippen LogP contribution in [0.4, 0.5) is 0 Å². The second kappa shape index (κ2) is 5.54. The number of benzene rings is 1. The van der Waals surface area contributed by atoms with Gasteiger partial charge in [0.15, 0.2) is 0 Å². The topological polar surface area (TPSA) is 26.3 Å². The zero-order valence-electron chi connectivity index (χ0n) is 9.62. The summed E-state index contributed by atoms with van der Waals surface area (Å²) in [5, 5.41) is 0. The Labute approximate surface area is 91.3 Å². The van der Waals surface area contributed by atoms with Gasteiger partial charge in [-0.15, -0.1) is 0 Å². The predicted octanol–water partition coefficient (Wildman–Crippen LogP) is 3.52. The van der Waals surface area contributed by atoms with E-state index in [1.165, 1.54) is 25.3 Å². The molecular formula is C13H18O2. The molecule has 82 valence electrons. The highest BCUT2D eigenvalue weighted by atomic mass is 16.5. The van der Waals surface area contributed by atoms with Crippen molar-refractivity contribution in [1.29, 1.82) is 0 Å². The zero-order chi connectivity index (χ0) is 11.3. The molecule has 0 aliphatic rings. The van der Waals surface area contributed by atoms with Crippen LogP contribution in [0.3, 0.4) is 0 Å². The van der Waals surface area contributed by atoms with E-state index in [4.69, 9.17) is 4.74 Å². The molecule has 0 saturated heterocycles. The molecule has 0 radical (unpaired) electrons. The molecule has 1 atom stereocenters. The highest BCUT2D eigenvalue weighted by Crippen LogP contribution is 2.22. The Morgan fingerprint density at radius 2 is 1.93 bits per heavy atom.